The van der Waals surface area contributed by atoms with Gasteiger partial charge in [0.25, 0.3) is 5.91 Å². The fourth-order valence-corrected chi connectivity index (χ4v) is 6.14. The molecule has 0 bridgehead atoms. The van der Waals surface area contributed by atoms with E-state index in [1.54, 1.807) is 0 Å². The van der Waals surface area contributed by atoms with Crippen LogP contribution in [-0.2, 0) is 24.1 Å². The predicted octanol–water partition coefficient (Wildman–Crippen LogP) is 4.28. The number of nitrogens with one attached hydrogen (secondary N) is 1. The Morgan fingerprint density at radius 3 is 2.77 bits per heavy atom. The van der Waals surface area contributed by atoms with Crippen molar-refractivity contribution in [3.8, 4) is 11.3 Å². The lowest BCUT2D eigenvalue weighted by Gasteiger charge is -2.11. The highest BCUT2D eigenvalue weighted by Gasteiger charge is 2.25. The zero-order chi connectivity index (χ0) is 20.7. The molecule has 30 heavy (non-hydrogen) atoms. The molecule has 0 spiro atoms. The number of amides is 2. The number of hydrogen-bond donors (Lipinski definition) is 2. The van der Waals surface area contributed by atoms with Crippen LogP contribution in [0, 0.1) is 0 Å². The van der Waals surface area contributed by atoms with Crippen molar-refractivity contribution in [2.75, 3.05) is 5.32 Å². The van der Waals surface area contributed by atoms with E-state index in [4.69, 9.17) is 5.73 Å². The summed E-state index contributed by atoms with van der Waals surface area (Å²) in [5, 5.41) is 5.47. The predicted molar refractivity (Wildman–Crippen MR) is 120 cm³/mol. The minimum atomic E-state index is -0.468. The van der Waals surface area contributed by atoms with Gasteiger partial charge < -0.3 is 11.1 Å². The summed E-state index contributed by atoms with van der Waals surface area (Å²) in [6, 6.07) is 9.97. The molecular formula is C22H20N4O2S2. The molecule has 3 N–H and O–H groups in total. The summed E-state index contributed by atoms with van der Waals surface area (Å²) in [7, 11) is 0. The smallest absolute Gasteiger partial charge is 0.251 e. The van der Waals surface area contributed by atoms with E-state index < -0.39 is 5.91 Å². The highest BCUT2D eigenvalue weighted by atomic mass is 32.1. The highest BCUT2D eigenvalue weighted by Crippen LogP contribution is 2.38. The largest absolute Gasteiger partial charge is 0.365 e. The van der Waals surface area contributed by atoms with Gasteiger partial charge in [-0.1, -0.05) is 30.3 Å². The van der Waals surface area contributed by atoms with Gasteiger partial charge in [0.15, 0.2) is 4.96 Å². The molecule has 152 valence electrons. The van der Waals surface area contributed by atoms with E-state index in [9.17, 15) is 9.59 Å². The average molecular weight is 437 g/mol. The Bertz CT molecular complexity index is 1250. The minimum Gasteiger partial charge on any atom is -0.365 e. The van der Waals surface area contributed by atoms with Crippen molar-refractivity contribution in [1.29, 1.82) is 0 Å². The third kappa shape index (κ3) is 3.42. The maximum absolute atomic E-state index is 12.8. The number of nitrogens with zero attached hydrogens (tertiary/aromatic N) is 2. The van der Waals surface area contributed by atoms with E-state index in [1.165, 1.54) is 27.6 Å². The number of anilines is 1. The fourth-order valence-electron chi connectivity index (χ4n) is 3.95. The number of aromatic nitrogens is 2. The number of aryl methyl sites for hydroxylation is 1. The zero-order valence-corrected chi connectivity index (χ0v) is 17.8. The zero-order valence-electron chi connectivity index (χ0n) is 16.2. The lowest BCUT2D eigenvalue weighted by molar-refractivity contribution is -0.115. The van der Waals surface area contributed by atoms with E-state index in [2.05, 4.69) is 10.3 Å². The third-order valence-electron chi connectivity index (χ3n) is 5.37. The number of primary amides is 1. The quantitative estimate of drug-likeness (QED) is 0.489. The molecule has 0 radical (unpaired) electrons. The van der Waals surface area contributed by atoms with Crippen molar-refractivity contribution < 1.29 is 9.59 Å². The lowest BCUT2D eigenvalue weighted by Crippen LogP contribution is -2.19. The molecule has 1 aliphatic rings. The first-order valence-corrected chi connectivity index (χ1v) is 11.5. The molecule has 0 unspecified atom stereocenters. The van der Waals surface area contributed by atoms with Crippen molar-refractivity contribution in [2.24, 2.45) is 5.73 Å². The van der Waals surface area contributed by atoms with E-state index >= 15 is 0 Å². The van der Waals surface area contributed by atoms with Crippen LogP contribution in [0.25, 0.3) is 16.2 Å². The van der Waals surface area contributed by atoms with E-state index in [-0.39, 0.29) is 12.3 Å². The van der Waals surface area contributed by atoms with Crippen molar-refractivity contribution in [2.45, 2.75) is 32.1 Å². The molecule has 1 aliphatic carbocycles. The van der Waals surface area contributed by atoms with Crippen molar-refractivity contribution in [3.05, 3.63) is 63.6 Å². The first kappa shape index (κ1) is 19.0. The van der Waals surface area contributed by atoms with Crippen LogP contribution in [0.2, 0.25) is 0 Å². The topological polar surface area (TPSA) is 89.5 Å². The number of thiazole rings is 1. The summed E-state index contributed by atoms with van der Waals surface area (Å²) >= 11 is 3.00. The third-order valence-corrected chi connectivity index (χ3v) is 7.46. The fraction of sp³-hybridized carbons (Fsp3) is 0.227. The average Bonchev–Trinajstić information content (AvgIpc) is 3.42. The van der Waals surface area contributed by atoms with Gasteiger partial charge in [0.2, 0.25) is 5.91 Å². The minimum absolute atomic E-state index is 0.161. The molecule has 3 heterocycles. The number of nitrogens with two attached hydrogens (primary N) is 1. The Hall–Kier alpha value is -2.97. The van der Waals surface area contributed by atoms with Crippen LogP contribution in [0.4, 0.5) is 5.00 Å². The van der Waals surface area contributed by atoms with Crippen LogP contribution in [0.3, 0.4) is 0 Å². The van der Waals surface area contributed by atoms with Crippen LogP contribution in [0.15, 0.2) is 41.9 Å². The van der Waals surface area contributed by atoms with Crippen LogP contribution >= 0.6 is 22.7 Å². The normalized spacial score (nSPS) is 13.3. The Balaban J connectivity index is 1.39. The first-order chi connectivity index (χ1) is 14.6. The molecule has 0 saturated heterocycles. The molecule has 3 aromatic heterocycles. The lowest BCUT2D eigenvalue weighted by atomic mass is 9.95. The van der Waals surface area contributed by atoms with Crippen LogP contribution in [0.5, 0.6) is 0 Å². The van der Waals surface area contributed by atoms with Crippen LogP contribution < -0.4 is 11.1 Å². The molecule has 0 atom stereocenters. The molecule has 8 heteroatoms. The Morgan fingerprint density at radius 2 is 1.97 bits per heavy atom. The molecule has 6 nitrogen and oxygen atoms in total. The number of imidazole rings is 1. The summed E-state index contributed by atoms with van der Waals surface area (Å²) in [5.74, 6) is -0.629. The molecular weight excluding hydrogens is 416 g/mol. The van der Waals surface area contributed by atoms with Gasteiger partial charge in [-0.15, -0.1) is 22.7 Å². The molecule has 4 aromatic rings. The molecule has 0 saturated carbocycles. The van der Waals surface area contributed by atoms with Gasteiger partial charge in [0, 0.05) is 27.7 Å². The number of carbonyl (C=O) groups excluding carboxylic acids is 2. The molecule has 2 amide bonds. The van der Waals surface area contributed by atoms with Crippen molar-refractivity contribution >= 4 is 44.4 Å². The second-order valence-corrected chi connectivity index (χ2v) is 9.32. The monoisotopic (exact) mass is 436 g/mol. The summed E-state index contributed by atoms with van der Waals surface area (Å²) in [6.07, 6.45) is 6.11. The van der Waals surface area contributed by atoms with Gasteiger partial charge >= 0.3 is 0 Å². The number of hydrogen-bond acceptors (Lipinski definition) is 5. The van der Waals surface area contributed by atoms with Gasteiger partial charge in [-0.2, -0.15) is 0 Å². The van der Waals surface area contributed by atoms with Gasteiger partial charge in [0.05, 0.1) is 17.7 Å². The summed E-state index contributed by atoms with van der Waals surface area (Å²) in [5.41, 5.74) is 9.93. The van der Waals surface area contributed by atoms with Crippen LogP contribution in [0.1, 0.15) is 39.3 Å². The highest BCUT2D eigenvalue weighted by molar-refractivity contribution is 7.17. The summed E-state index contributed by atoms with van der Waals surface area (Å²) < 4.78 is 1.96. The molecule has 5 rings (SSSR count). The Kier molecular flexibility index (Phi) is 4.88. The molecule has 0 aliphatic heterocycles. The molecule has 1 aromatic carbocycles. The summed E-state index contributed by atoms with van der Waals surface area (Å²) in [4.78, 5) is 31.5. The van der Waals surface area contributed by atoms with Gasteiger partial charge in [-0.25, -0.2) is 4.98 Å². The Labute approximate surface area is 181 Å². The van der Waals surface area contributed by atoms with E-state index in [0.717, 1.165) is 53.2 Å². The van der Waals surface area contributed by atoms with E-state index in [0.29, 0.717) is 10.6 Å². The second-order valence-electron chi connectivity index (χ2n) is 7.38. The number of carbonyl (C=O) groups is 2. The standard InChI is InChI=1S/C22H20N4O2S2/c23-20(28)19-15-8-4-5-9-17(15)30-21(19)25-18(27)10-14-12-29-22-24-16(11-26(14)22)13-6-2-1-3-7-13/h1-3,6-7,11-12H,4-5,8-10H2,(H2,23,28)(H,25,27). The number of rotatable bonds is 5. The van der Waals surface area contributed by atoms with Gasteiger partial charge in [0.1, 0.15) is 5.00 Å². The SMILES string of the molecule is NC(=O)c1c(NC(=O)Cc2csc3nc(-c4ccccc4)cn23)sc2c1CCCC2. The maximum Gasteiger partial charge on any atom is 0.251 e. The molecule has 0 fully saturated rings. The Morgan fingerprint density at radius 1 is 1.17 bits per heavy atom. The second kappa shape index (κ2) is 7.70. The maximum atomic E-state index is 12.8. The van der Waals surface area contributed by atoms with E-state index in [1.807, 2.05) is 46.3 Å². The van der Waals surface area contributed by atoms with Crippen molar-refractivity contribution in [3.63, 3.8) is 0 Å². The van der Waals surface area contributed by atoms with Gasteiger partial charge in [-0.3, -0.25) is 14.0 Å². The van der Waals surface area contributed by atoms with Gasteiger partial charge in [-0.05, 0) is 31.2 Å². The summed E-state index contributed by atoms with van der Waals surface area (Å²) in [6.45, 7) is 0. The number of fused-ring (bicyclic) bond motifs is 2. The number of thiophene rings is 1. The first-order valence-electron chi connectivity index (χ1n) is 9.85. The number of benzene rings is 1. The van der Waals surface area contributed by atoms with Crippen LogP contribution in [-0.4, -0.2) is 21.2 Å². The van der Waals surface area contributed by atoms with Crippen molar-refractivity contribution in [1.82, 2.24) is 9.38 Å².